The van der Waals surface area contributed by atoms with Gasteiger partial charge in [-0.2, -0.15) is 0 Å². The molecule has 1 N–H and O–H groups in total. The summed E-state index contributed by atoms with van der Waals surface area (Å²) in [6.45, 7) is 7.82. The van der Waals surface area contributed by atoms with Crippen molar-refractivity contribution in [2.24, 2.45) is 0 Å². The Balaban J connectivity index is 1.99. The molecule has 0 saturated carbocycles. The van der Waals surface area contributed by atoms with Crippen molar-refractivity contribution < 1.29 is 0 Å². The molecule has 114 valence electrons. The Bertz CT molecular complexity index is 328. The first-order valence-corrected chi connectivity index (χ1v) is 8.54. The first-order valence-electron chi connectivity index (χ1n) is 8.54. The SMILES string of the molecule is CCCCCCCCCCN[C@H](C)c1ccc(C)cc1. The second-order valence-corrected chi connectivity index (χ2v) is 6.06. The molecule has 0 aliphatic carbocycles. The zero-order valence-corrected chi connectivity index (χ0v) is 13.8. The van der Waals surface area contributed by atoms with Crippen LogP contribution >= 0.6 is 0 Å². The fourth-order valence-electron chi connectivity index (χ4n) is 2.55. The predicted octanol–water partition coefficient (Wildman–Crippen LogP) is 5.79. The molecule has 1 heteroatoms. The fourth-order valence-corrected chi connectivity index (χ4v) is 2.55. The number of benzene rings is 1. The second kappa shape index (κ2) is 10.9. The monoisotopic (exact) mass is 275 g/mol. The zero-order chi connectivity index (χ0) is 14.6. The van der Waals surface area contributed by atoms with E-state index in [1.54, 1.807) is 0 Å². The number of nitrogens with one attached hydrogen (secondary N) is 1. The van der Waals surface area contributed by atoms with E-state index in [2.05, 4.69) is 50.4 Å². The maximum Gasteiger partial charge on any atom is 0.0291 e. The maximum atomic E-state index is 3.63. The van der Waals surface area contributed by atoms with Crippen LogP contribution < -0.4 is 5.32 Å². The minimum Gasteiger partial charge on any atom is -0.310 e. The molecule has 0 radical (unpaired) electrons. The van der Waals surface area contributed by atoms with E-state index in [4.69, 9.17) is 0 Å². The van der Waals surface area contributed by atoms with Gasteiger partial charge in [-0.3, -0.25) is 0 Å². The summed E-state index contributed by atoms with van der Waals surface area (Å²) in [6.07, 6.45) is 11.1. The Morgan fingerprint density at radius 1 is 0.850 bits per heavy atom. The van der Waals surface area contributed by atoms with Crippen LogP contribution in [0.5, 0.6) is 0 Å². The average molecular weight is 275 g/mol. The van der Waals surface area contributed by atoms with Gasteiger partial charge in [0.05, 0.1) is 0 Å². The number of hydrogen-bond donors (Lipinski definition) is 1. The minimum absolute atomic E-state index is 0.472. The number of hydrogen-bond acceptors (Lipinski definition) is 1. The van der Waals surface area contributed by atoms with Crippen LogP contribution in [0.4, 0.5) is 0 Å². The zero-order valence-electron chi connectivity index (χ0n) is 13.8. The Labute approximate surface area is 126 Å². The van der Waals surface area contributed by atoms with E-state index in [0.29, 0.717) is 6.04 Å². The lowest BCUT2D eigenvalue weighted by atomic mass is 10.1. The molecule has 0 unspecified atom stereocenters. The third kappa shape index (κ3) is 7.69. The normalized spacial score (nSPS) is 12.6. The van der Waals surface area contributed by atoms with E-state index >= 15 is 0 Å². The van der Waals surface area contributed by atoms with E-state index in [1.165, 1.54) is 62.5 Å². The van der Waals surface area contributed by atoms with E-state index < -0.39 is 0 Å². The van der Waals surface area contributed by atoms with Crippen LogP contribution in [-0.4, -0.2) is 6.54 Å². The van der Waals surface area contributed by atoms with Gasteiger partial charge in [0.2, 0.25) is 0 Å². The predicted molar refractivity (Wildman–Crippen MR) is 90.2 cm³/mol. The lowest BCUT2D eigenvalue weighted by Gasteiger charge is -2.14. The van der Waals surface area contributed by atoms with Gasteiger partial charge in [0.25, 0.3) is 0 Å². The van der Waals surface area contributed by atoms with Crippen molar-refractivity contribution in [1.82, 2.24) is 5.32 Å². The van der Waals surface area contributed by atoms with E-state index in [1.807, 2.05) is 0 Å². The highest BCUT2D eigenvalue weighted by atomic mass is 14.9. The van der Waals surface area contributed by atoms with Crippen molar-refractivity contribution in [3.63, 3.8) is 0 Å². The van der Waals surface area contributed by atoms with Gasteiger partial charge in [-0.25, -0.2) is 0 Å². The minimum atomic E-state index is 0.472. The van der Waals surface area contributed by atoms with Gasteiger partial charge >= 0.3 is 0 Å². The molecule has 0 fully saturated rings. The van der Waals surface area contributed by atoms with Crippen LogP contribution in [0.15, 0.2) is 24.3 Å². The van der Waals surface area contributed by atoms with Gasteiger partial charge in [-0.05, 0) is 32.4 Å². The summed E-state index contributed by atoms with van der Waals surface area (Å²) in [6, 6.07) is 9.34. The lowest BCUT2D eigenvalue weighted by Crippen LogP contribution is -2.19. The van der Waals surface area contributed by atoms with Crippen molar-refractivity contribution in [3.05, 3.63) is 35.4 Å². The highest BCUT2D eigenvalue weighted by Crippen LogP contribution is 2.13. The summed E-state index contributed by atoms with van der Waals surface area (Å²) < 4.78 is 0. The molecule has 1 atom stereocenters. The summed E-state index contributed by atoms with van der Waals surface area (Å²) in [5, 5.41) is 3.63. The molecular formula is C19H33N. The molecule has 1 aromatic carbocycles. The molecular weight excluding hydrogens is 242 g/mol. The molecule has 0 bridgehead atoms. The molecule has 0 aromatic heterocycles. The van der Waals surface area contributed by atoms with Gasteiger partial charge in [0.1, 0.15) is 0 Å². The molecule has 0 spiro atoms. The smallest absolute Gasteiger partial charge is 0.0291 e. The fraction of sp³-hybridized carbons (Fsp3) is 0.684. The first kappa shape index (κ1) is 17.2. The van der Waals surface area contributed by atoms with Crippen LogP contribution in [0.2, 0.25) is 0 Å². The molecule has 1 rings (SSSR count). The van der Waals surface area contributed by atoms with Crippen LogP contribution in [0.3, 0.4) is 0 Å². The molecule has 1 nitrogen and oxygen atoms in total. The first-order chi connectivity index (χ1) is 9.74. The maximum absolute atomic E-state index is 3.63. The largest absolute Gasteiger partial charge is 0.310 e. The Morgan fingerprint density at radius 2 is 1.40 bits per heavy atom. The second-order valence-electron chi connectivity index (χ2n) is 6.06. The molecule has 0 saturated heterocycles. The van der Waals surface area contributed by atoms with Crippen molar-refractivity contribution in [3.8, 4) is 0 Å². The third-order valence-corrected chi connectivity index (χ3v) is 4.06. The summed E-state index contributed by atoms with van der Waals surface area (Å²) in [4.78, 5) is 0. The van der Waals surface area contributed by atoms with Crippen molar-refractivity contribution in [2.45, 2.75) is 78.2 Å². The van der Waals surface area contributed by atoms with Crippen LogP contribution in [-0.2, 0) is 0 Å². The number of rotatable bonds is 11. The van der Waals surface area contributed by atoms with Gasteiger partial charge < -0.3 is 5.32 Å². The van der Waals surface area contributed by atoms with Crippen LogP contribution in [0.1, 0.15) is 82.4 Å². The van der Waals surface area contributed by atoms with Gasteiger partial charge in [-0.15, -0.1) is 0 Å². The van der Waals surface area contributed by atoms with Crippen LogP contribution in [0, 0.1) is 6.92 Å². The standard InChI is InChI=1S/C19H33N/c1-4-5-6-7-8-9-10-11-16-20-18(3)19-14-12-17(2)13-15-19/h12-15,18,20H,4-11,16H2,1-3H3/t18-/m1/s1. The number of unbranched alkanes of at least 4 members (excludes halogenated alkanes) is 7. The van der Waals surface area contributed by atoms with Crippen molar-refractivity contribution >= 4 is 0 Å². The highest BCUT2D eigenvalue weighted by molar-refractivity contribution is 5.23. The highest BCUT2D eigenvalue weighted by Gasteiger charge is 2.03. The van der Waals surface area contributed by atoms with E-state index in [9.17, 15) is 0 Å². The Morgan fingerprint density at radius 3 is 2.00 bits per heavy atom. The molecule has 1 aromatic rings. The topological polar surface area (TPSA) is 12.0 Å². The Kier molecular flexibility index (Phi) is 9.40. The van der Waals surface area contributed by atoms with Gasteiger partial charge in [-0.1, -0.05) is 81.7 Å². The van der Waals surface area contributed by atoms with E-state index in [0.717, 1.165) is 6.54 Å². The van der Waals surface area contributed by atoms with Crippen molar-refractivity contribution in [2.75, 3.05) is 6.54 Å². The van der Waals surface area contributed by atoms with Crippen molar-refractivity contribution in [1.29, 1.82) is 0 Å². The average Bonchev–Trinajstić information content (AvgIpc) is 2.46. The Hall–Kier alpha value is -0.820. The molecule has 0 heterocycles. The lowest BCUT2D eigenvalue weighted by molar-refractivity contribution is 0.521. The molecule has 20 heavy (non-hydrogen) atoms. The van der Waals surface area contributed by atoms with Crippen LogP contribution in [0.25, 0.3) is 0 Å². The van der Waals surface area contributed by atoms with Gasteiger partial charge in [0, 0.05) is 6.04 Å². The van der Waals surface area contributed by atoms with E-state index in [-0.39, 0.29) is 0 Å². The van der Waals surface area contributed by atoms with Gasteiger partial charge in [0.15, 0.2) is 0 Å². The summed E-state index contributed by atoms with van der Waals surface area (Å²) >= 11 is 0. The summed E-state index contributed by atoms with van der Waals surface area (Å²) in [5.74, 6) is 0. The molecule has 0 aliphatic rings. The third-order valence-electron chi connectivity index (χ3n) is 4.06. The number of aryl methyl sites for hydroxylation is 1. The quantitative estimate of drug-likeness (QED) is 0.504. The molecule has 0 aliphatic heterocycles. The summed E-state index contributed by atoms with van der Waals surface area (Å²) in [7, 11) is 0. The summed E-state index contributed by atoms with van der Waals surface area (Å²) in [5.41, 5.74) is 2.74. The molecule has 0 amide bonds.